The van der Waals surface area contributed by atoms with Crippen molar-refractivity contribution in [1.29, 1.82) is 0 Å². The van der Waals surface area contributed by atoms with E-state index in [2.05, 4.69) is 10.5 Å². The van der Waals surface area contributed by atoms with Gasteiger partial charge in [0.2, 0.25) is 0 Å². The highest BCUT2D eigenvalue weighted by Crippen LogP contribution is 2.28. The summed E-state index contributed by atoms with van der Waals surface area (Å²) in [5, 5.41) is 4.01. The first-order valence-electron chi connectivity index (χ1n) is 9.28. The maximum Gasteiger partial charge on any atom is 0.271 e. The van der Waals surface area contributed by atoms with E-state index in [4.69, 9.17) is 15.2 Å². The lowest BCUT2D eigenvalue weighted by Crippen LogP contribution is -2.17. The van der Waals surface area contributed by atoms with Crippen molar-refractivity contribution in [3.63, 3.8) is 0 Å². The third-order valence-electron chi connectivity index (χ3n) is 4.06. The van der Waals surface area contributed by atoms with Crippen molar-refractivity contribution >= 4 is 17.8 Å². The lowest BCUT2D eigenvalue weighted by molar-refractivity contribution is 0.0955. The van der Waals surface area contributed by atoms with Crippen molar-refractivity contribution in [1.82, 2.24) is 5.43 Å². The van der Waals surface area contributed by atoms with Crippen LogP contribution in [0.15, 0.2) is 77.9 Å². The van der Waals surface area contributed by atoms with Gasteiger partial charge in [-0.1, -0.05) is 30.3 Å². The van der Waals surface area contributed by atoms with Crippen molar-refractivity contribution in [2.45, 2.75) is 13.5 Å². The van der Waals surface area contributed by atoms with Crippen LogP contribution in [0.1, 0.15) is 28.4 Å². The molecule has 0 aromatic heterocycles. The summed E-state index contributed by atoms with van der Waals surface area (Å²) in [6, 6.07) is 22.1. The molecule has 6 nitrogen and oxygen atoms in total. The molecule has 0 heterocycles. The van der Waals surface area contributed by atoms with Gasteiger partial charge in [-0.2, -0.15) is 5.10 Å². The monoisotopic (exact) mass is 389 g/mol. The molecule has 3 N–H and O–H groups in total. The molecule has 0 bridgehead atoms. The predicted octanol–water partition coefficient (Wildman–Crippen LogP) is 4.01. The Hall–Kier alpha value is -3.80. The van der Waals surface area contributed by atoms with E-state index in [9.17, 15) is 4.79 Å². The summed E-state index contributed by atoms with van der Waals surface area (Å²) in [5.74, 6) is 0.963. The predicted molar refractivity (Wildman–Crippen MR) is 114 cm³/mol. The zero-order valence-electron chi connectivity index (χ0n) is 16.2. The van der Waals surface area contributed by atoms with Gasteiger partial charge < -0.3 is 15.2 Å². The Morgan fingerprint density at radius 2 is 1.76 bits per heavy atom. The van der Waals surface area contributed by atoms with Crippen molar-refractivity contribution in [2.75, 3.05) is 12.3 Å². The minimum Gasteiger partial charge on any atom is -0.490 e. The maximum atomic E-state index is 12.1. The van der Waals surface area contributed by atoms with Gasteiger partial charge >= 0.3 is 0 Å². The van der Waals surface area contributed by atoms with Gasteiger partial charge in [-0.25, -0.2) is 5.43 Å². The molecule has 3 rings (SSSR count). The number of carbonyl (C=O) groups excluding carboxylic acids is 1. The van der Waals surface area contributed by atoms with E-state index < -0.39 is 0 Å². The largest absolute Gasteiger partial charge is 0.490 e. The minimum absolute atomic E-state index is 0.311. The number of nitrogens with two attached hydrogens (primary N) is 1. The van der Waals surface area contributed by atoms with Crippen LogP contribution in [0.3, 0.4) is 0 Å². The molecule has 0 aliphatic heterocycles. The number of nitrogens with one attached hydrogen (secondary N) is 1. The molecule has 3 aromatic carbocycles. The summed E-state index contributed by atoms with van der Waals surface area (Å²) < 4.78 is 11.6. The minimum atomic E-state index is -0.311. The average molecular weight is 389 g/mol. The Bertz CT molecular complexity index is 970. The zero-order valence-corrected chi connectivity index (χ0v) is 16.2. The molecule has 3 aromatic rings. The first-order valence-corrected chi connectivity index (χ1v) is 9.28. The number of hydrogen-bond donors (Lipinski definition) is 2. The number of hydrogen-bond acceptors (Lipinski definition) is 5. The highest BCUT2D eigenvalue weighted by molar-refractivity contribution is 5.95. The summed E-state index contributed by atoms with van der Waals surface area (Å²) in [6.07, 6.45) is 1.55. The third kappa shape index (κ3) is 5.84. The van der Waals surface area contributed by atoms with Crippen LogP contribution in [-0.2, 0) is 6.61 Å². The van der Waals surface area contributed by atoms with Gasteiger partial charge in [0.15, 0.2) is 11.5 Å². The van der Waals surface area contributed by atoms with Crippen LogP contribution in [0.25, 0.3) is 0 Å². The highest BCUT2D eigenvalue weighted by Gasteiger charge is 2.07. The first-order chi connectivity index (χ1) is 14.2. The summed E-state index contributed by atoms with van der Waals surface area (Å²) in [7, 11) is 0. The fourth-order valence-electron chi connectivity index (χ4n) is 2.59. The second-order valence-corrected chi connectivity index (χ2v) is 6.23. The Morgan fingerprint density at radius 3 is 2.48 bits per heavy atom. The topological polar surface area (TPSA) is 85.9 Å². The second-order valence-electron chi connectivity index (χ2n) is 6.23. The lowest BCUT2D eigenvalue weighted by atomic mass is 10.2. The quantitative estimate of drug-likeness (QED) is 0.346. The van der Waals surface area contributed by atoms with Gasteiger partial charge in [0.25, 0.3) is 5.91 Å². The molecule has 1 amide bonds. The molecule has 29 heavy (non-hydrogen) atoms. The molecule has 0 aliphatic rings. The highest BCUT2D eigenvalue weighted by atomic mass is 16.5. The number of carbonyl (C=O) groups is 1. The normalized spacial score (nSPS) is 10.7. The van der Waals surface area contributed by atoms with Crippen LogP contribution < -0.4 is 20.6 Å². The lowest BCUT2D eigenvalue weighted by Gasteiger charge is -2.12. The van der Waals surface area contributed by atoms with Gasteiger partial charge in [0, 0.05) is 11.3 Å². The molecule has 0 aliphatic carbocycles. The number of anilines is 1. The van der Waals surface area contributed by atoms with Crippen molar-refractivity contribution < 1.29 is 14.3 Å². The van der Waals surface area contributed by atoms with Gasteiger partial charge in [0.1, 0.15) is 6.61 Å². The van der Waals surface area contributed by atoms with Crippen molar-refractivity contribution in [3.05, 3.63) is 89.5 Å². The molecule has 0 unspecified atom stereocenters. The zero-order chi connectivity index (χ0) is 20.5. The van der Waals surface area contributed by atoms with E-state index in [1.54, 1.807) is 30.5 Å². The molecule has 148 valence electrons. The number of benzene rings is 3. The van der Waals surface area contributed by atoms with Crippen LogP contribution in [0.2, 0.25) is 0 Å². The summed E-state index contributed by atoms with van der Waals surface area (Å²) >= 11 is 0. The van der Waals surface area contributed by atoms with Crippen molar-refractivity contribution in [3.8, 4) is 11.5 Å². The molecule has 0 saturated carbocycles. The van der Waals surface area contributed by atoms with E-state index in [1.165, 1.54) is 0 Å². The molecule has 0 atom stereocenters. The van der Waals surface area contributed by atoms with Gasteiger partial charge in [-0.05, 0) is 60.5 Å². The smallest absolute Gasteiger partial charge is 0.271 e. The van der Waals surface area contributed by atoms with Crippen LogP contribution >= 0.6 is 0 Å². The molecule has 6 heteroatoms. The van der Waals surface area contributed by atoms with Gasteiger partial charge in [-0.3, -0.25) is 4.79 Å². The maximum absolute atomic E-state index is 12.1. The summed E-state index contributed by atoms with van der Waals surface area (Å²) in [5.41, 5.74) is 11.1. The number of amides is 1. The Morgan fingerprint density at radius 1 is 1.00 bits per heavy atom. The molecular formula is C23H23N3O3. The van der Waals surface area contributed by atoms with E-state index in [0.717, 1.165) is 11.1 Å². The molecule has 0 saturated heterocycles. The molecule has 0 spiro atoms. The van der Waals surface area contributed by atoms with Crippen LogP contribution in [0.5, 0.6) is 11.5 Å². The number of nitrogen functional groups attached to an aromatic ring is 1. The van der Waals surface area contributed by atoms with Crippen LogP contribution in [0, 0.1) is 0 Å². The molecule has 0 radical (unpaired) electrons. The van der Waals surface area contributed by atoms with E-state index >= 15 is 0 Å². The summed E-state index contributed by atoms with van der Waals surface area (Å²) in [6.45, 7) is 2.87. The molecular weight excluding hydrogens is 366 g/mol. The Balaban J connectivity index is 1.64. The van der Waals surface area contributed by atoms with E-state index in [-0.39, 0.29) is 5.91 Å². The average Bonchev–Trinajstić information content (AvgIpc) is 2.74. The van der Waals surface area contributed by atoms with Gasteiger partial charge in [0.05, 0.1) is 12.8 Å². The Labute approximate surface area is 170 Å². The van der Waals surface area contributed by atoms with E-state index in [0.29, 0.717) is 36.0 Å². The fourth-order valence-corrected chi connectivity index (χ4v) is 2.59. The number of ether oxygens (including phenoxy) is 2. The third-order valence-corrected chi connectivity index (χ3v) is 4.06. The fraction of sp³-hybridized carbons (Fsp3) is 0.130. The van der Waals surface area contributed by atoms with Crippen LogP contribution in [0.4, 0.5) is 5.69 Å². The second kappa shape index (κ2) is 9.94. The van der Waals surface area contributed by atoms with Crippen LogP contribution in [-0.4, -0.2) is 18.7 Å². The van der Waals surface area contributed by atoms with E-state index in [1.807, 2.05) is 55.5 Å². The number of nitrogens with zero attached hydrogens (tertiary/aromatic N) is 1. The van der Waals surface area contributed by atoms with Gasteiger partial charge in [-0.15, -0.1) is 0 Å². The number of rotatable bonds is 8. The SMILES string of the molecule is CCOc1cc(/C=N\NC(=O)c2ccc(N)cc2)ccc1OCc1ccccc1. The van der Waals surface area contributed by atoms with Crippen molar-refractivity contribution in [2.24, 2.45) is 5.10 Å². The number of hydrazone groups is 1. The molecule has 0 fully saturated rings. The Kier molecular flexibility index (Phi) is 6.84. The first kappa shape index (κ1) is 19.9. The standard InChI is InChI=1S/C23H23N3O3/c1-2-28-22-14-18(8-13-21(22)29-16-17-6-4-3-5-7-17)15-25-26-23(27)19-9-11-20(24)12-10-19/h3-15H,2,16,24H2,1H3,(H,26,27)/b25-15-. The summed E-state index contributed by atoms with van der Waals surface area (Å²) in [4.78, 5) is 12.1.